The lowest BCUT2D eigenvalue weighted by atomic mass is 9.78. The smallest absolute Gasteiger partial charge is 0.337 e. The average Bonchev–Trinajstić information content (AvgIpc) is 3.65. The fraction of sp³-hybridized carbons (Fsp3) is 0.314. The molecule has 1 amide bonds. The number of benzene rings is 3. The molecule has 0 aliphatic carbocycles. The minimum Gasteiger partial charge on any atom is -0.492 e. The van der Waals surface area contributed by atoms with Gasteiger partial charge in [0.05, 0.1) is 37.5 Å². The van der Waals surface area contributed by atoms with Gasteiger partial charge in [0.25, 0.3) is 5.91 Å². The maximum absolute atomic E-state index is 13.8. The maximum atomic E-state index is 13.8. The van der Waals surface area contributed by atoms with E-state index in [-0.39, 0.29) is 11.1 Å². The van der Waals surface area contributed by atoms with Crippen LogP contribution in [-0.4, -0.2) is 81.1 Å². The number of methoxy groups -OCH3 is 1. The van der Waals surface area contributed by atoms with Crippen molar-refractivity contribution >= 4 is 23.3 Å². The second-order valence-corrected chi connectivity index (χ2v) is 11.0. The van der Waals surface area contributed by atoms with Crippen LogP contribution >= 0.6 is 0 Å². The molecule has 2 bridgehead atoms. The number of carbonyl (C=O) groups excluding carboxylic acids is 2. The highest BCUT2D eigenvalue weighted by Gasteiger charge is 2.58. The molecule has 9 nitrogen and oxygen atoms in total. The number of hydrogen-bond donors (Lipinski definition) is 2. The van der Waals surface area contributed by atoms with E-state index < -0.39 is 29.6 Å². The van der Waals surface area contributed by atoms with Crippen LogP contribution in [0.25, 0.3) is 0 Å². The van der Waals surface area contributed by atoms with Crippen LogP contribution in [0, 0.1) is 0 Å². The number of nitrogens with one attached hydrogen (secondary N) is 2. The Morgan fingerprint density at radius 2 is 1.66 bits per heavy atom. The molecule has 6 rings (SSSR count). The first-order valence-corrected chi connectivity index (χ1v) is 15.0. The average molecular weight is 596 g/mol. The van der Waals surface area contributed by atoms with Crippen LogP contribution < -0.4 is 15.4 Å². The van der Waals surface area contributed by atoms with Crippen LogP contribution in [0.5, 0.6) is 5.75 Å². The second-order valence-electron chi connectivity index (χ2n) is 11.0. The summed E-state index contributed by atoms with van der Waals surface area (Å²) in [5.41, 5.74) is 1.75. The standard InChI is InChI=1S/C35H37N3O6/c1-41-34(40)32-31(33(39)37-27-12-14-28(15-13-27)43-23-20-38-18-21-42-22-19-38)29-16-17-35(32,44-29)30(24-25-8-4-2-5-9-25)36-26-10-6-3-7-11-26/h2-17,29-30,36H,18-24H2,1H3,(H,37,39). The summed E-state index contributed by atoms with van der Waals surface area (Å²) in [4.78, 5) is 29.5. The van der Waals surface area contributed by atoms with Gasteiger partial charge in [-0.05, 0) is 54.5 Å². The quantitative estimate of drug-likeness (QED) is 0.237. The number of morpholine rings is 1. The predicted molar refractivity (Wildman–Crippen MR) is 168 cm³/mol. The van der Waals surface area contributed by atoms with Crippen LogP contribution in [0.4, 0.5) is 11.4 Å². The monoisotopic (exact) mass is 595 g/mol. The number of rotatable bonds is 12. The molecule has 44 heavy (non-hydrogen) atoms. The first kappa shape index (κ1) is 29.6. The number of hydrogen-bond acceptors (Lipinski definition) is 8. The third-order valence-electron chi connectivity index (χ3n) is 8.23. The molecule has 3 aliphatic rings. The van der Waals surface area contributed by atoms with E-state index in [2.05, 4.69) is 15.5 Å². The number of fused-ring (bicyclic) bond motifs is 2. The molecule has 3 unspecified atom stereocenters. The molecule has 3 heterocycles. The summed E-state index contributed by atoms with van der Waals surface area (Å²) in [6.45, 7) is 4.72. The summed E-state index contributed by atoms with van der Waals surface area (Å²) in [5, 5.41) is 6.53. The number of esters is 1. The van der Waals surface area contributed by atoms with Gasteiger partial charge < -0.3 is 29.6 Å². The second kappa shape index (κ2) is 13.5. The van der Waals surface area contributed by atoms with Crippen molar-refractivity contribution in [3.63, 3.8) is 0 Å². The number of anilines is 2. The molecule has 3 aliphatic heterocycles. The van der Waals surface area contributed by atoms with Crippen LogP contribution in [0.1, 0.15) is 5.56 Å². The molecule has 0 spiro atoms. The van der Waals surface area contributed by atoms with Crippen molar-refractivity contribution in [2.24, 2.45) is 0 Å². The van der Waals surface area contributed by atoms with E-state index in [1.807, 2.05) is 84.9 Å². The van der Waals surface area contributed by atoms with Crippen molar-refractivity contribution in [2.45, 2.75) is 24.2 Å². The Bertz CT molecular complexity index is 1460. The number of para-hydroxylation sites is 1. The highest BCUT2D eigenvalue weighted by Crippen LogP contribution is 2.47. The number of amides is 1. The SMILES string of the molecule is COC(=O)C1=C(C(=O)Nc2ccc(OCCN3CCOCC3)cc2)C2C=CC1(C(Cc1ccccc1)Nc1ccccc1)O2. The van der Waals surface area contributed by atoms with Crippen molar-refractivity contribution in [1.29, 1.82) is 0 Å². The van der Waals surface area contributed by atoms with Gasteiger partial charge in [-0.1, -0.05) is 54.6 Å². The Labute approximate surface area is 257 Å². The van der Waals surface area contributed by atoms with Crippen molar-refractivity contribution in [3.8, 4) is 5.75 Å². The topological polar surface area (TPSA) is 98.4 Å². The van der Waals surface area contributed by atoms with Crippen molar-refractivity contribution in [1.82, 2.24) is 4.90 Å². The van der Waals surface area contributed by atoms with Crippen LogP contribution in [0.2, 0.25) is 0 Å². The molecule has 3 atom stereocenters. The molecule has 1 fully saturated rings. The third-order valence-corrected chi connectivity index (χ3v) is 8.23. The Morgan fingerprint density at radius 1 is 0.955 bits per heavy atom. The zero-order valence-electron chi connectivity index (χ0n) is 24.7. The lowest BCUT2D eigenvalue weighted by molar-refractivity contribution is -0.138. The van der Waals surface area contributed by atoms with Gasteiger partial charge in [-0.25, -0.2) is 4.79 Å². The lowest BCUT2D eigenvalue weighted by Crippen LogP contribution is -2.49. The first-order valence-electron chi connectivity index (χ1n) is 15.0. The van der Waals surface area contributed by atoms with Crippen LogP contribution in [-0.2, 0) is 30.2 Å². The van der Waals surface area contributed by atoms with E-state index in [1.54, 1.807) is 12.1 Å². The van der Waals surface area contributed by atoms with E-state index >= 15 is 0 Å². The van der Waals surface area contributed by atoms with Gasteiger partial charge in [0, 0.05) is 31.0 Å². The normalized spacial score (nSPS) is 21.6. The van der Waals surface area contributed by atoms with E-state index in [4.69, 9.17) is 18.9 Å². The van der Waals surface area contributed by atoms with E-state index in [1.165, 1.54) is 7.11 Å². The van der Waals surface area contributed by atoms with Gasteiger partial charge in [0.1, 0.15) is 24.1 Å². The fourth-order valence-electron chi connectivity index (χ4n) is 6.00. The summed E-state index contributed by atoms with van der Waals surface area (Å²) in [7, 11) is 1.32. The number of carbonyl (C=O) groups is 2. The van der Waals surface area contributed by atoms with E-state index in [0.717, 1.165) is 44.1 Å². The van der Waals surface area contributed by atoms with Gasteiger partial charge in [0.15, 0.2) is 0 Å². The van der Waals surface area contributed by atoms with E-state index in [9.17, 15) is 9.59 Å². The molecular formula is C35H37N3O6. The number of ether oxygens (including phenoxy) is 4. The van der Waals surface area contributed by atoms with Gasteiger partial charge in [-0.15, -0.1) is 0 Å². The summed E-state index contributed by atoms with van der Waals surface area (Å²) in [5.74, 6) is -0.300. The Kier molecular flexibility index (Phi) is 9.07. The third kappa shape index (κ3) is 6.40. The highest BCUT2D eigenvalue weighted by molar-refractivity contribution is 6.12. The Balaban J connectivity index is 1.22. The Morgan fingerprint density at radius 3 is 2.36 bits per heavy atom. The molecule has 0 radical (unpaired) electrons. The van der Waals surface area contributed by atoms with Gasteiger partial charge in [0.2, 0.25) is 0 Å². The largest absolute Gasteiger partial charge is 0.492 e. The molecular weight excluding hydrogens is 558 g/mol. The van der Waals surface area contributed by atoms with Crippen molar-refractivity contribution in [3.05, 3.63) is 114 Å². The molecule has 3 aromatic carbocycles. The Hall–Kier alpha value is -4.44. The molecule has 0 aromatic heterocycles. The summed E-state index contributed by atoms with van der Waals surface area (Å²) < 4.78 is 23.1. The number of nitrogens with zero attached hydrogens (tertiary/aromatic N) is 1. The zero-order chi connectivity index (χ0) is 30.4. The van der Waals surface area contributed by atoms with Crippen molar-refractivity contribution in [2.75, 3.05) is 57.2 Å². The van der Waals surface area contributed by atoms with Crippen molar-refractivity contribution < 1.29 is 28.5 Å². The van der Waals surface area contributed by atoms with Gasteiger partial charge in [-0.3, -0.25) is 9.69 Å². The molecule has 9 heteroatoms. The zero-order valence-corrected chi connectivity index (χ0v) is 24.7. The minimum atomic E-state index is -1.21. The summed E-state index contributed by atoms with van der Waals surface area (Å²) in [6.07, 6.45) is 3.57. The van der Waals surface area contributed by atoms with Crippen LogP contribution in [0.15, 0.2) is 108 Å². The van der Waals surface area contributed by atoms with Gasteiger partial charge >= 0.3 is 5.97 Å². The lowest BCUT2D eigenvalue weighted by Gasteiger charge is -2.36. The first-order chi connectivity index (χ1) is 21.6. The minimum absolute atomic E-state index is 0.206. The summed E-state index contributed by atoms with van der Waals surface area (Å²) >= 11 is 0. The molecule has 0 saturated carbocycles. The molecule has 1 saturated heterocycles. The molecule has 228 valence electrons. The fourth-order valence-corrected chi connectivity index (χ4v) is 6.00. The van der Waals surface area contributed by atoms with E-state index in [0.29, 0.717) is 24.5 Å². The predicted octanol–water partition coefficient (Wildman–Crippen LogP) is 4.24. The molecule has 3 aromatic rings. The summed E-state index contributed by atoms with van der Waals surface area (Å²) in [6, 6.07) is 26.5. The molecule has 2 N–H and O–H groups in total. The van der Waals surface area contributed by atoms with Crippen LogP contribution in [0.3, 0.4) is 0 Å². The maximum Gasteiger partial charge on any atom is 0.337 e. The van der Waals surface area contributed by atoms with Gasteiger partial charge in [-0.2, -0.15) is 0 Å². The highest BCUT2D eigenvalue weighted by atomic mass is 16.5.